The predicted octanol–water partition coefficient (Wildman–Crippen LogP) is 3.58. The molecular formula is C26H30N2O6S. The van der Waals surface area contributed by atoms with Crippen LogP contribution in [0.3, 0.4) is 0 Å². The topological polar surface area (TPSA) is 102 Å². The van der Waals surface area contributed by atoms with Gasteiger partial charge in [-0.2, -0.15) is 0 Å². The molecule has 2 aliphatic rings. The van der Waals surface area contributed by atoms with Crippen molar-refractivity contribution in [2.75, 3.05) is 25.1 Å². The van der Waals surface area contributed by atoms with E-state index in [0.717, 1.165) is 35.3 Å². The molecule has 2 atom stereocenters. The van der Waals surface area contributed by atoms with Crippen molar-refractivity contribution in [1.82, 2.24) is 4.90 Å². The number of benzene rings is 1. The van der Waals surface area contributed by atoms with Crippen molar-refractivity contribution in [3.8, 4) is 0 Å². The zero-order valence-electron chi connectivity index (χ0n) is 20.0. The third-order valence-electron chi connectivity index (χ3n) is 6.35. The van der Waals surface area contributed by atoms with Crippen LogP contribution >= 0.6 is 11.3 Å². The minimum Gasteiger partial charge on any atom is -0.462 e. The lowest BCUT2D eigenvalue weighted by atomic mass is 9.88. The molecule has 1 aromatic carbocycles. The number of likely N-dealkylation sites (tertiary alicyclic amines) is 1. The van der Waals surface area contributed by atoms with E-state index in [1.165, 1.54) is 11.3 Å². The van der Waals surface area contributed by atoms with Crippen LogP contribution in [0.25, 0.3) is 0 Å². The van der Waals surface area contributed by atoms with Gasteiger partial charge in [-0.25, -0.2) is 4.79 Å². The molecule has 1 fully saturated rings. The van der Waals surface area contributed by atoms with Gasteiger partial charge in [-0.05, 0) is 43.2 Å². The lowest BCUT2D eigenvalue weighted by Gasteiger charge is -2.18. The molecule has 0 saturated carbocycles. The number of anilines is 1. The third kappa shape index (κ3) is 5.90. The first-order valence-corrected chi connectivity index (χ1v) is 12.8. The van der Waals surface area contributed by atoms with Gasteiger partial charge in [0.05, 0.1) is 18.1 Å². The molecule has 2 amide bonds. The number of nitrogens with one attached hydrogen (secondary N) is 1. The van der Waals surface area contributed by atoms with Gasteiger partial charge in [0.2, 0.25) is 5.91 Å². The van der Waals surface area contributed by atoms with Crippen LogP contribution in [0.1, 0.15) is 53.1 Å². The number of ether oxygens (including phenoxy) is 2. The predicted molar refractivity (Wildman–Crippen MR) is 131 cm³/mol. The standard InChI is InChI=1S/C26H30N2O6S/c1-3-33-26(32)23-19-10-9-16(2)11-20(19)35-24(23)27-21(29)15-34-25(31)18-12-22(30)28(14-18)13-17-7-5-4-6-8-17/h4-8,16,18H,3,9-15H2,1-2H3,(H,27,29)/t16-,18-/m1/s1. The number of amides is 2. The summed E-state index contributed by atoms with van der Waals surface area (Å²) in [4.78, 5) is 52.8. The molecule has 0 radical (unpaired) electrons. The van der Waals surface area contributed by atoms with Gasteiger partial charge in [0, 0.05) is 24.4 Å². The number of fused-ring (bicyclic) bond motifs is 1. The van der Waals surface area contributed by atoms with Crippen LogP contribution in [-0.2, 0) is 43.2 Å². The van der Waals surface area contributed by atoms with Gasteiger partial charge >= 0.3 is 11.9 Å². The van der Waals surface area contributed by atoms with Gasteiger partial charge in [-0.3, -0.25) is 14.4 Å². The highest BCUT2D eigenvalue weighted by atomic mass is 32.1. The third-order valence-corrected chi connectivity index (χ3v) is 7.52. The fourth-order valence-electron chi connectivity index (χ4n) is 4.56. The molecular weight excluding hydrogens is 468 g/mol. The molecule has 186 valence electrons. The smallest absolute Gasteiger partial charge is 0.341 e. The molecule has 1 N–H and O–H groups in total. The summed E-state index contributed by atoms with van der Waals surface area (Å²) in [5.74, 6) is -1.76. The fraction of sp³-hybridized carbons (Fsp3) is 0.462. The highest BCUT2D eigenvalue weighted by Gasteiger charge is 2.36. The molecule has 1 aromatic heterocycles. The summed E-state index contributed by atoms with van der Waals surface area (Å²) < 4.78 is 10.5. The Hall–Kier alpha value is -3.20. The number of esters is 2. The summed E-state index contributed by atoms with van der Waals surface area (Å²) >= 11 is 1.38. The summed E-state index contributed by atoms with van der Waals surface area (Å²) in [7, 11) is 0. The van der Waals surface area contributed by atoms with Crippen LogP contribution in [0.2, 0.25) is 0 Å². The molecule has 0 unspecified atom stereocenters. The van der Waals surface area contributed by atoms with Crippen molar-refractivity contribution in [3.63, 3.8) is 0 Å². The minimum atomic E-state index is -0.607. The number of thiophene rings is 1. The monoisotopic (exact) mass is 498 g/mol. The molecule has 2 aromatic rings. The Morgan fingerprint density at radius 3 is 2.66 bits per heavy atom. The van der Waals surface area contributed by atoms with E-state index in [1.807, 2.05) is 30.3 Å². The van der Waals surface area contributed by atoms with Crippen molar-refractivity contribution in [2.45, 2.75) is 46.1 Å². The van der Waals surface area contributed by atoms with Crippen molar-refractivity contribution in [2.24, 2.45) is 11.8 Å². The second-order valence-electron chi connectivity index (χ2n) is 9.09. The zero-order valence-corrected chi connectivity index (χ0v) is 20.8. The molecule has 0 spiro atoms. The van der Waals surface area contributed by atoms with Gasteiger partial charge < -0.3 is 19.7 Å². The van der Waals surface area contributed by atoms with Gasteiger partial charge in [-0.1, -0.05) is 37.3 Å². The molecule has 1 saturated heterocycles. The Morgan fingerprint density at radius 1 is 1.14 bits per heavy atom. The highest BCUT2D eigenvalue weighted by Crippen LogP contribution is 2.40. The van der Waals surface area contributed by atoms with E-state index in [1.54, 1.807) is 11.8 Å². The Bertz CT molecular complexity index is 1110. The van der Waals surface area contributed by atoms with E-state index in [-0.39, 0.29) is 25.5 Å². The minimum absolute atomic E-state index is 0.0656. The van der Waals surface area contributed by atoms with E-state index >= 15 is 0 Å². The SMILES string of the molecule is CCOC(=O)c1c(NC(=O)COC(=O)[C@@H]2CC(=O)N(Cc3ccccc3)C2)sc2c1CC[C@@H](C)C2. The Kier molecular flexibility index (Phi) is 7.85. The first kappa shape index (κ1) is 24.9. The van der Waals surface area contributed by atoms with Gasteiger partial charge in [-0.15, -0.1) is 11.3 Å². The first-order valence-electron chi connectivity index (χ1n) is 12.0. The second-order valence-corrected chi connectivity index (χ2v) is 10.2. The summed E-state index contributed by atoms with van der Waals surface area (Å²) in [6.45, 7) is 4.36. The number of carbonyl (C=O) groups excluding carboxylic acids is 4. The molecule has 8 nitrogen and oxygen atoms in total. The number of nitrogens with zero attached hydrogens (tertiary/aromatic N) is 1. The maximum absolute atomic E-state index is 12.6. The quantitative estimate of drug-likeness (QED) is 0.558. The Balaban J connectivity index is 1.34. The average molecular weight is 499 g/mol. The highest BCUT2D eigenvalue weighted by molar-refractivity contribution is 7.17. The van der Waals surface area contributed by atoms with E-state index < -0.39 is 30.4 Å². The zero-order chi connectivity index (χ0) is 24.9. The van der Waals surface area contributed by atoms with Crippen LogP contribution < -0.4 is 5.32 Å². The number of rotatable bonds is 8. The van der Waals surface area contributed by atoms with Gasteiger partial charge in [0.1, 0.15) is 5.00 Å². The van der Waals surface area contributed by atoms with Crippen LogP contribution in [-0.4, -0.2) is 48.4 Å². The van der Waals surface area contributed by atoms with Gasteiger partial charge in [0.25, 0.3) is 5.91 Å². The second kappa shape index (κ2) is 11.0. The van der Waals surface area contributed by atoms with E-state index in [9.17, 15) is 19.2 Å². The number of hydrogen-bond donors (Lipinski definition) is 1. The van der Waals surface area contributed by atoms with Crippen LogP contribution in [0.5, 0.6) is 0 Å². The summed E-state index contributed by atoms with van der Waals surface area (Å²) in [6.07, 6.45) is 2.66. The van der Waals surface area contributed by atoms with Crippen molar-refractivity contribution >= 4 is 40.1 Å². The normalized spacial score (nSPS) is 19.3. The van der Waals surface area contributed by atoms with E-state index in [0.29, 0.717) is 23.0 Å². The lowest BCUT2D eigenvalue weighted by Crippen LogP contribution is -2.28. The maximum atomic E-state index is 12.6. The summed E-state index contributed by atoms with van der Waals surface area (Å²) in [5, 5.41) is 3.18. The summed E-state index contributed by atoms with van der Waals surface area (Å²) in [5.41, 5.74) is 2.35. The van der Waals surface area contributed by atoms with E-state index in [4.69, 9.17) is 9.47 Å². The fourth-order valence-corrected chi connectivity index (χ4v) is 5.98. The molecule has 35 heavy (non-hydrogen) atoms. The van der Waals surface area contributed by atoms with Crippen molar-refractivity contribution in [3.05, 3.63) is 51.9 Å². The number of hydrogen-bond acceptors (Lipinski definition) is 7. The number of carbonyl (C=O) groups is 4. The molecule has 0 bridgehead atoms. The van der Waals surface area contributed by atoms with Crippen LogP contribution in [0, 0.1) is 11.8 Å². The van der Waals surface area contributed by atoms with Crippen LogP contribution in [0.4, 0.5) is 5.00 Å². The van der Waals surface area contributed by atoms with Crippen molar-refractivity contribution in [1.29, 1.82) is 0 Å². The summed E-state index contributed by atoms with van der Waals surface area (Å²) in [6, 6.07) is 9.56. The van der Waals surface area contributed by atoms with Gasteiger partial charge in [0.15, 0.2) is 6.61 Å². The van der Waals surface area contributed by atoms with Crippen LogP contribution in [0.15, 0.2) is 30.3 Å². The van der Waals surface area contributed by atoms with Crippen molar-refractivity contribution < 1.29 is 28.7 Å². The molecule has 4 rings (SSSR count). The molecule has 9 heteroatoms. The Labute approximate surface area is 208 Å². The Morgan fingerprint density at radius 2 is 1.91 bits per heavy atom. The largest absolute Gasteiger partial charge is 0.462 e. The lowest BCUT2D eigenvalue weighted by molar-refractivity contribution is -0.151. The first-order chi connectivity index (χ1) is 16.9. The molecule has 1 aliphatic carbocycles. The maximum Gasteiger partial charge on any atom is 0.341 e. The molecule has 1 aliphatic heterocycles. The molecule has 2 heterocycles. The van der Waals surface area contributed by atoms with E-state index in [2.05, 4.69) is 12.2 Å². The average Bonchev–Trinajstić information content (AvgIpc) is 3.37.